The number of benzene rings is 1. The SMILES string of the molecule is CC(=O)O[C@H]1[C@H](OC(C)=O)[C@@H](OC(C)=O)C=C[C@@H]1COC(=O)c1ccccc1. The van der Waals surface area contributed by atoms with E-state index in [1.807, 2.05) is 0 Å². The molecule has 0 aliphatic heterocycles. The molecule has 0 fully saturated rings. The highest BCUT2D eigenvalue weighted by Crippen LogP contribution is 2.28. The molecular formula is C20H22O8. The molecule has 1 aliphatic carbocycles. The molecule has 0 saturated heterocycles. The van der Waals surface area contributed by atoms with Gasteiger partial charge in [-0.25, -0.2) is 4.79 Å². The number of rotatable bonds is 6. The summed E-state index contributed by atoms with van der Waals surface area (Å²) in [6.07, 6.45) is 0.164. The van der Waals surface area contributed by atoms with E-state index in [-0.39, 0.29) is 6.61 Å². The second kappa shape index (κ2) is 9.68. The lowest BCUT2D eigenvalue weighted by Crippen LogP contribution is -2.51. The summed E-state index contributed by atoms with van der Waals surface area (Å²) in [4.78, 5) is 46.6. The summed E-state index contributed by atoms with van der Waals surface area (Å²) in [6, 6.07) is 8.41. The van der Waals surface area contributed by atoms with Crippen LogP contribution in [0.5, 0.6) is 0 Å². The Bertz CT molecular complexity index is 755. The number of hydrogen-bond donors (Lipinski definition) is 0. The average Bonchev–Trinajstić information content (AvgIpc) is 2.63. The van der Waals surface area contributed by atoms with Crippen molar-refractivity contribution in [3.63, 3.8) is 0 Å². The molecule has 0 heterocycles. The van der Waals surface area contributed by atoms with Crippen LogP contribution in [-0.4, -0.2) is 48.8 Å². The first kappa shape index (κ1) is 21.1. The molecule has 0 unspecified atom stereocenters. The van der Waals surface area contributed by atoms with E-state index in [4.69, 9.17) is 18.9 Å². The van der Waals surface area contributed by atoms with Gasteiger partial charge in [-0.2, -0.15) is 0 Å². The fourth-order valence-electron chi connectivity index (χ4n) is 2.85. The minimum absolute atomic E-state index is 0.118. The summed E-state index contributed by atoms with van der Waals surface area (Å²) >= 11 is 0. The fraction of sp³-hybridized carbons (Fsp3) is 0.400. The van der Waals surface area contributed by atoms with Gasteiger partial charge in [-0.05, 0) is 18.2 Å². The van der Waals surface area contributed by atoms with Gasteiger partial charge in [-0.15, -0.1) is 0 Å². The molecule has 150 valence electrons. The number of esters is 4. The third-order valence-corrected chi connectivity index (χ3v) is 3.94. The highest BCUT2D eigenvalue weighted by Gasteiger charge is 2.43. The predicted octanol–water partition coefficient (Wildman–Crippen LogP) is 1.82. The largest absolute Gasteiger partial charge is 0.461 e. The predicted molar refractivity (Wildman–Crippen MR) is 96.0 cm³/mol. The third-order valence-electron chi connectivity index (χ3n) is 3.94. The lowest BCUT2D eigenvalue weighted by atomic mass is 9.88. The van der Waals surface area contributed by atoms with Gasteiger partial charge >= 0.3 is 23.9 Å². The van der Waals surface area contributed by atoms with E-state index < -0.39 is 48.1 Å². The van der Waals surface area contributed by atoms with E-state index in [0.29, 0.717) is 5.56 Å². The molecule has 4 atom stereocenters. The van der Waals surface area contributed by atoms with Crippen LogP contribution < -0.4 is 0 Å². The molecule has 0 spiro atoms. The van der Waals surface area contributed by atoms with Crippen LogP contribution in [0.2, 0.25) is 0 Å². The van der Waals surface area contributed by atoms with E-state index in [1.54, 1.807) is 36.4 Å². The number of carbonyl (C=O) groups excluding carboxylic acids is 4. The summed E-state index contributed by atoms with van der Waals surface area (Å²) < 4.78 is 21.0. The molecular weight excluding hydrogens is 368 g/mol. The standard InChI is InChI=1S/C20H22O8/c1-12(21)26-17-10-9-16(11-25-20(24)15-7-5-4-6-8-15)18(27-13(2)22)19(17)28-14(3)23/h4-10,16-19H,11H2,1-3H3/t16-,17+,18-,19-/m1/s1. The highest BCUT2D eigenvalue weighted by molar-refractivity contribution is 5.89. The molecule has 2 rings (SSSR count). The van der Waals surface area contributed by atoms with E-state index in [9.17, 15) is 19.2 Å². The molecule has 0 amide bonds. The maximum Gasteiger partial charge on any atom is 0.338 e. The van der Waals surface area contributed by atoms with Crippen LogP contribution in [0.4, 0.5) is 0 Å². The molecule has 0 N–H and O–H groups in total. The van der Waals surface area contributed by atoms with Gasteiger partial charge in [-0.3, -0.25) is 14.4 Å². The lowest BCUT2D eigenvalue weighted by molar-refractivity contribution is -0.185. The molecule has 1 aliphatic rings. The number of ether oxygens (including phenoxy) is 4. The Labute approximate surface area is 162 Å². The molecule has 0 bridgehead atoms. The lowest BCUT2D eigenvalue weighted by Gasteiger charge is -2.37. The zero-order chi connectivity index (χ0) is 20.7. The molecule has 8 nitrogen and oxygen atoms in total. The van der Waals surface area contributed by atoms with Gasteiger partial charge in [0.2, 0.25) is 0 Å². The number of hydrogen-bond acceptors (Lipinski definition) is 8. The molecule has 28 heavy (non-hydrogen) atoms. The minimum atomic E-state index is -1.06. The Kier molecular flexibility index (Phi) is 7.31. The van der Waals surface area contributed by atoms with Gasteiger partial charge in [0, 0.05) is 20.8 Å². The van der Waals surface area contributed by atoms with Crippen LogP contribution in [0, 0.1) is 5.92 Å². The molecule has 0 radical (unpaired) electrons. The molecule has 8 heteroatoms. The normalized spacial score (nSPS) is 23.4. The van der Waals surface area contributed by atoms with Crippen LogP contribution >= 0.6 is 0 Å². The summed E-state index contributed by atoms with van der Waals surface area (Å²) in [6.45, 7) is 3.50. The summed E-state index contributed by atoms with van der Waals surface area (Å²) in [5, 5.41) is 0. The van der Waals surface area contributed by atoms with Gasteiger partial charge in [0.1, 0.15) is 6.61 Å². The van der Waals surface area contributed by atoms with Gasteiger partial charge in [0.15, 0.2) is 18.3 Å². The summed E-state index contributed by atoms with van der Waals surface area (Å²) in [7, 11) is 0. The van der Waals surface area contributed by atoms with E-state index in [0.717, 1.165) is 0 Å². The Morgan fingerprint density at radius 1 is 0.786 bits per heavy atom. The third kappa shape index (κ3) is 5.94. The second-order valence-electron chi connectivity index (χ2n) is 6.24. The van der Waals surface area contributed by atoms with Crippen LogP contribution in [0.3, 0.4) is 0 Å². The van der Waals surface area contributed by atoms with Crippen LogP contribution in [0.15, 0.2) is 42.5 Å². The van der Waals surface area contributed by atoms with Gasteiger partial charge in [0.05, 0.1) is 11.5 Å². The van der Waals surface area contributed by atoms with Crippen molar-refractivity contribution in [2.24, 2.45) is 5.92 Å². The van der Waals surface area contributed by atoms with Crippen molar-refractivity contribution in [2.75, 3.05) is 6.61 Å². The van der Waals surface area contributed by atoms with E-state index >= 15 is 0 Å². The van der Waals surface area contributed by atoms with Crippen LogP contribution in [0.1, 0.15) is 31.1 Å². The Balaban J connectivity index is 2.19. The Hall–Kier alpha value is -3.16. The molecule has 1 aromatic rings. The van der Waals surface area contributed by atoms with Gasteiger partial charge in [-0.1, -0.05) is 24.3 Å². The minimum Gasteiger partial charge on any atom is -0.461 e. The zero-order valence-electron chi connectivity index (χ0n) is 15.8. The summed E-state index contributed by atoms with van der Waals surface area (Å²) in [5.74, 6) is -2.95. The van der Waals surface area contributed by atoms with Crippen molar-refractivity contribution in [1.29, 1.82) is 0 Å². The van der Waals surface area contributed by atoms with Crippen LogP contribution in [0.25, 0.3) is 0 Å². The summed E-state index contributed by atoms with van der Waals surface area (Å²) in [5.41, 5.74) is 0.376. The first-order valence-electron chi connectivity index (χ1n) is 8.70. The molecule has 0 saturated carbocycles. The Morgan fingerprint density at radius 2 is 1.36 bits per heavy atom. The van der Waals surface area contributed by atoms with Crippen molar-refractivity contribution in [2.45, 2.75) is 39.1 Å². The highest BCUT2D eigenvalue weighted by atomic mass is 16.6. The Morgan fingerprint density at radius 3 is 1.93 bits per heavy atom. The number of carbonyl (C=O) groups is 4. The molecule has 0 aromatic heterocycles. The topological polar surface area (TPSA) is 105 Å². The van der Waals surface area contributed by atoms with E-state index in [2.05, 4.69) is 0 Å². The zero-order valence-corrected chi connectivity index (χ0v) is 15.8. The monoisotopic (exact) mass is 390 g/mol. The van der Waals surface area contributed by atoms with Crippen molar-refractivity contribution < 1.29 is 38.1 Å². The second-order valence-corrected chi connectivity index (χ2v) is 6.24. The quantitative estimate of drug-likeness (QED) is 0.411. The first-order valence-corrected chi connectivity index (χ1v) is 8.70. The fourth-order valence-corrected chi connectivity index (χ4v) is 2.85. The van der Waals surface area contributed by atoms with Crippen molar-refractivity contribution in [3.05, 3.63) is 48.0 Å². The smallest absolute Gasteiger partial charge is 0.338 e. The van der Waals surface area contributed by atoms with Gasteiger partial charge in [0.25, 0.3) is 0 Å². The van der Waals surface area contributed by atoms with E-state index in [1.165, 1.54) is 26.8 Å². The van der Waals surface area contributed by atoms with Crippen LogP contribution in [-0.2, 0) is 33.3 Å². The maximum atomic E-state index is 12.2. The van der Waals surface area contributed by atoms with Crippen molar-refractivity contribution in [1.82, 2.24) is 0 Å². The average molecular weight is 390 g/mol. The van der Waals surface area contributed by atoms with Crippen molar-refractivity contribution >= 4 is 23.9 Å². The first-order chi connectivity index (χ1) is 13.3. The van der Waals surface area contributed by atoms with Gasteiger partial charge < -0.3 is 18.9 Å². The maximum absolute atomic E-state index is 12.2. The molecule has 1 aromatic carbocycles. The van der Waals surface area contributed by atoms with Crippen molar-refractivity contribution in [3.8, 4) is 0 Å².